The number of anilines is 3. The van der Waals surface area contributed by atoms with Crippen molar-refractivity contribution in [3.8, 4) is 22.3 Å². The van der Waals surface area contributed by atoms with Crippen LogP contribution in [0.4, 0.5) is 17.1 Å². The fraction of sp³-hybridized carbons (Fsp3) is 0.0545. The smallest absolute Gasteiger partial charge is 0.0529 e. The van der Waals surface area contributed by atoms with Gasteiger partial charge >= 0.3 is 0 Å². The van der Waals surface area contributed by atoms with Gasteiger partial charge in [-0.3, -0.25) is 0 Å². The van der Waals surface area contributed by atoms with Crippen LogP contribution in [-0.2, 0) is 5.41 Å². The van der Waals surface area contributed by atoms with Crippen molar-refractivity contribution in [3.63, 3.8) is 0 Å². The fourth-order valence-corrected chi connectivity index (χ4v) is 9.88. The summed E-state index contributed by atoms with van der Waals surface area (Å²) in [4.78, 5) is 2.47. The quantitative estimate of drug-likeness (QED) is 0.155. The lowest BCUT2D eigenvalue weighted by Crippen LogP contribution is -2.35. The molecule has 0 saturated heterocycles. The summed E-state index contributed by atoms with van der Waals surface area (Å²) in [6.45, 7) is 0. The predicted octanol–water partition coefficient (Wildman–Crippen LogP) is 14.7. The van der Waals surface area contributed by atoms with Crippen LogP contribution in [0.25, 0.3) is 54.6 Å². The van der Waals surface area contributed by atoms with Gasteiger partial charge in [0, 0.05) is 17.1 Å². The number of benzene rings is 9. The van der Waals surface area contributed by atoms with Gasteiger partial charge in [-0.25, -0.2) is 0 Å². The maximum atomic E-state index is 2.50. The fourth-order valence-electron chi connectivity index (χ4n) is 9.88. The van der Waals surface area contributed by atoms with E-state index in [1.165, 1.54) is 71.3 Å². The Labute approximate surface area is 328 Å². The van der Waals surface area contributed by atoms with Crippen LogP contribution < -0.4 is 4.90 Å². The first-order valence-corrected chi connectivity index (χ1v) is 19.7. The number of fused-ring (bicyclic) bond motifs is 9. The first-order chi connectivity index (χ1) is 27.8. The van der Waals surface area contributed by atoms with Gasteiger partial charge in [0.25, 0.3) is 0 Å². The molecule has 0 N–H and O–H groups in total. The molecule has 9 aromatic rings. The van der Waals surface area contributed by atoms with Gasteiger partial charge in [-0.2, -0.15) is 0 Å². The van der Waals surface area contributed by atoms with Crippen molar-refractivity contribution in [2.45, 2.75) is 11.8 Å². The van der Waals surface area contributed by atoms with Crippen molar-refractivity contribution >= 4 is 49.4 Å². The van der Waals surface area contributed by atoms with Crippen LogP contribution in [0.15, 0.2) is 218 Å². The summed E-state index contributed by atoms with van der Waals surface area (Å²) < 4.78 is 0. The van der Waals surface area contributed by atoms with E-state index in [1.54, 1.807) is 0 Å². The molecule has 2 unspecified atom stereocenters. The molecular formula is C55H39N. The van der Waals surface area contributed by atoms with E-state index < -0.39 is 0 Å². The highest BCUT2D eigenvalue weighted by Crippen LogP contribution is 2.59. The summed E-state index contributed by atoms with van der Waals surface area (Å²) in [6, 6.07) is 72.0. The zero-order valence-electron chi connectivity index (χ0n) is 31.0. The first kappa shape index (κ1) is 32.5. The van der Waals surface area contributed by atoms with E-state index >= 15 is 0 Å². The van der Waals surface area contributed by atoms with Crippen molar-refractivity contribution in [1.82, 2.24) is 0 Å². The molecule has 0 fully saturated rings. The van der Waals surface area contributed by atoms with Crippen molar-refractivity contribution in [2.75, 3.05) is 4.90 Å². The Morgan fingerprint density at radius 2 is 0.929 bits per heavy atom. The van der Waals surface area contributed by atoms with Gasteiger partial charge < -0.3 is 4.90 Å². The maximum Gasteiger partial charge on any atom is 0.0529 e. The van der Waals surface area contributed by atoms with Crippen LogP contribution in [0.1, 0.15) is 23.1 Å². The summed E-state index contributed by atoms with van der Waals surface area (Å²) in [5.41, 5.74) is 12.2. The number of rotatable bonds is 6. The zero-order chi connectivity index (χ0) is 37.1. The third kappa shape index (κ3) is 4.94. The van der Waals surface area contributed by atoms with Crippen molar-refractivity contribution in [3.05, 3.63) is 235 Å². The normalized spacial score (nSPS) is 17.0. The molecule has 2 aliphatic rings. The summed E-state index contributed by atoms with van der Waals surface area (Å²) in [5, 5.41) is 7.65. The Balaban J connectivity index is 1.17. The average Bonchev–Trinajstić information content (AvgIpc) is 3.58. The van der Waals surface area contributed by atoms with Crippen molar-refractivity contribution < 1.29 is 0 Å². The second-order valence-corrected chi connectivity index (χ2v) is 15.2. The predicted molar refractivity (Wildman–Crippen MR) is 237 cm³/mol. The van der Waals surface area contributed by atoms with Crippen molar-refractivity contribution in [1.29, 1.82) is 0 Å². The van der Waals surface area contributed by atoms with E-state index in [4.69, 9.17) is 0 Å². The highest BCUT2D eigenvalue weighted by Gasteiger charge is 2.49. The molecule has 264 valence electrons. The third-order valence-corrected chi connectivity index (χ3v) is 12.3. The van der Waals surface area contributed by atoms with Crippen LogP contribution in [0.5, 0.6) is 0 Å². The minimum atomic E-state index is -0.355. The van der Waals surface area contributed by atoms with E-state index in [0.29, 0.717) is 0 Å². The Bertz CT molecular complexity index is 2960. The first-order valence-electron chi connectivity index (χ1n) is 19.7. The van der Waals surface area contributed by atoms with Crippen LogP contribution in [-0.4, -0.2) is 0 Å². The lowest BCUT2D eigenvalue weighted by atomic mass is 9.62. The summed E-state index contributed by atoms with van der Waals surface area (Å²) in [7, 11) is 0. The van der Waals surface area contributed by atoms with Crippen LogP contribution in [0, 0.1) is 5.92 Å². The van der Waals surface area contributed by atoms with E-state index in [1.807, 2.05) is 0 Å². The van der Waals surface area contributed by atoms with E-state index in [0.717, 1.165) is 23.5 Å². The highest BCUT2D eigenvalue weighted by molar-refractivity contribution is 6.25. The summed E-state index contributed by atoms with van der Waals surface area (Å²) in [5.74, 6) is 0.256. The molecule has 0 heterocycles. The van der Waals surface area contributed by atoms with Gasteiger partial charge in [-0.1, -0.05) is 182 Å². The lowest BCUT2D eigenvalue weighted by Gasteiger charge is -2.40. The third-order valence-electron chi connectivity index (χ3n) is 12.3. The Morgan fingerprint density at radius 1 is 0.393 bits per heavy atom. The number of nitrogens with zero attached hydrogens (tertiary/aromatic N) is 1. The lowest BCUT2D eigenvalue weighted by molar-refractivity contribution is 0.457. The molecule has 1 nitrogen and oxygen atoms in total. The SMILES string of the molecule is C1=CCC(C2(c3ccccc3)c3ccccc3-c3ccc(N(c4ccc(-c5ccccc5)cc4)c4ccc5c6ccccc6c6ccccc6c5c4)cc32)C=C1. The van der Waals surface area contributed by atoms with E-state index in [9.17, 15) is 0 Å². The molecule has 0 aromatic heterocycles. The molecule has 0 bridgehead atoms. The Kier molecular flexibility index (Phi) is 7.60. The second-order valence-electron chi connectivity index (χ2n) is 15.2. The molecular weight excluding hydrogens is 675 g/mol. The van der Waals surface area contributed by atoms with Crippen LogP contribution in [0.2, 0.25) is 0 Å². The van der Waals surface area contributed by atoms with Crippen LogP contribution >= 0.6 is 0 Å². The minimum Gasteiger partial charge on any atom is -0.310 e. The van der Waals surface area contributed by atoms with Gasteiger partial charge in [0.15, 0.2) is 0 Å². The molecule has 56 heavy (non-hydrogen) atoms. The Morgan fingerprint density at radius 3 is 1.62 bits per heavy atom. The second kappa shape index (κ2) is 13.1. The van der Waals surface area contributed by atoms with Crippen LogP contribution in [0.3, 0.4) is 0 Å². The van der Waals surface area contributed by atoms with E-state index in [2.05, 4.69) is 223 Å². The van der Waals surface area contributed by atoms with Gasteiger partial charge in [0.1, 0.15) is 0 Å². The molecule has 9 aromatic carbocycles. The summed E-state index contributed by atoms with van der Waals surface area (Å²) >= 11 is 0. The van der Waals surface area contributed by atoms with Gasteiger partial charge in [-0.15, -0.1) is 0 Å². The minimum absolute atomic E-state index is 0.256. The molecule has 1 heteroatoms. The molecule has 0 spiro atoms. The molecule has 2 aliphatic carbocycles. The highest BCUT2D eigenvalue weighted by atomic mass is 15.1. The maximum absolute atomic E-state index is 2.50. The molecule has 11 rings (SSSR count). The molecule has 0 amide bonds. The topological polar surface area (TPSA) is 3.24 Å². The van der Waals surface area contributed by atoms with Gasteiger partial charge in [-0.05, 0) is 120 Å². The standard InChI is InChI=1S/C55H39N/c1-4-16-38(17-5-1)39-28-30-42(31-29-39)56(43-32-34-49-47-24-11-10-22-45(47)46-23-12-13-25-48(46)52(49)36-43)44-33-35-51-50-26-14-15-27-53(50)55(54(51)37-44,40-18-6-2-7-19-40)41-20-8-3-9-21-41/h1-20,22-37,41H,21H2. The monoisotopic (exact) mass is 713 g/mol. The zero-order valence-corrected chi connectivity index (χ0v) is 31.0. The largest absolute Gasteiger partial charge is 0.310 e. The molecule has 0 saturated carbocycles. The average molecular weight is 714 g/mol. The van der Waals surface area contributed by atoms with E-state index in [-0.39, 0.29) is 11.3 Å². The Hall–Kier alpha value is -6.96. The molecule has 0 radical (unpaired) electrons. The number of hydrogen-bond donors (Lipinski definition) is 0. The van der Waals surface area contributed by atoms with Gasteiger partial charge in [0.05, 0.1) is 5.41 Å². The molecule has 2 atom stereocenters. The summed E-state index contributed by atoms with van der Waals surface area (Å²) in [6.07, 6.45) is 10.2. The molecule has 0 aliphatic heterocycles. The number of allylic oxidation sites excluding steroid dienone is 4. The number of hydrogen-bond acceptors (Lipinski definition) is 1. The van der Waals surface area contributed by atoms with Crippen molar-refractivity contribution in [2.24, 2.45) is 5.92 Å². The van der Waals surface area contributed by atoms with Gasteiger partial charge in [0.2, 0.25) is 0 Å².